The third-order valence-corrected chi connectivity index (χ3v) is 5.34. The number of imidazole rings is 1. The van der Waals surface area contributed by atoms with Crippen LogP contribution in [0.5, 0.6) is 0 Å². The van der Waals surface area contributed by atoms with Gasteiger partial charge in [-0.05, 0) is 25.1 Å². The third kappa shape index (κ3) is 2.39. The van der Waals surface area contributed by atoms with Gasteiger partial charge in [0, 0.05) is 16.8 Å². The molecule has 1 aromatic carbocycles. The summed E-state index contributed by atoms with van der Waals surface area (Å²) in [4.78, 5) is 11.1. The van der Waals surface area contributed by atoms with E-state index in [1.807, 2.05) is 12.3 Å². The van der Waals surface area contributed by atoms with Crippen LogP contribution >= 0.6 is 11.3 Å². The van der Waals surface area contributed by atoms with Crippen molar-refractivity contribution >= 4 is 37.9 Å². The first-order chi connectivity index (χ1) is 9.44. The molecule has 0 saturated heterocycles. The third-order valence-electron chi connectivity index (χ3n) is 2.76. The number of sulfone groups is 1. The molecule has 0 radical (unpaired) electrons. The van der Waals surface area contributed by atoms with Gasteiger partial charge in [0.1, 0.15) is 10.8 Å². The number of nitrogens with two attached hydrogens (primary N) is 1. The van der Waals surface area contributed by atoms with Crippen LogP contribution in [0.2, 0.25) is 0 Å². The Balaban J connectivity index is 2.00. The number of hydrogen-bond acceptors (Lipinski definition) is 6. The molecule has 3 aromatic rings. The highest BCUT2D eigenvalue weighted by molar-refractivity contribution is 7.90. The van der Waals surface area contributed by atoms with E-state index in [1.165, 1.54) is 11.3 Å². The molecule has 0 unspecified atom stereocenters. The number of nitrogens with zero attached hydrogens (tertiary/aromatic N) is 2. The number of nitrogen functional groups attached to an aromatic ring is 1. The van der Waals surface area contributed by atoms with Gasteiger partial charge in [-0.3, -0.25) is 0 Å². The van der Waals surface area contributed by atoms with Crippen LogP contribution in [0, 0.1) is 6.92 Å². The van der Waals surface area contributed by atoms with Crippen LogP contribution in [-0.2, 0) is 15.6 Å². The highest BCUT2D eigenvalue weighted by atomic mass is 32.2. The van der Waals surface area contributed by atoms with Gasteiger partial charge in [-0.15, -0.1) is 11.3 Å². The zero-order chi connectivity index (χ0) is 14.3. The van der Waals surface area contributed by atoms with Crippen LogP contribution in [0.25, 0.3) is 11.0 Å². The molecule has 2 aromatic heterocycles. The molecule has 0 amide bonds. The zero-order valence-electron chi connectivity index (χ0n) is 10.6. The fourth-order valence-electron chi connectivity index (χ4n) is 1.85. The zero-order valence-corrected chi connectivity index (χ0v) is 12.3. The Kier molecular flexibility index (Phi) is 2.98. The molecule has 0 atom stereocenters. The van der Waals surface area contributed by atoms with Crippen LogP contribution in [0.1, 0.15) is 10.7 Å². The highest BCUT2D eigenvalue weighted by Crippen LogP contribution is 2.21. The van der Waals surface area contributed by atoms with Crippen LogP contribution in [0.3, 0.4) is 0 Å². The van der Waals surface area contributed by atoms with Crippen LogP contribution in [-0.4, -0.2) is 23.4 Å². The van der Waals surface area contributed by atoms with E-state index in [9.17, 15) is 8.42 Å². The molecule has 0 aliphatic carbocycles. The monoisotopic (exact) mass is 308 g/mol. The predicted octanol–water partition coefficient (Wildman–Crippen LogP) is 1.88. The Morgan fingerprint density at radius 2 is 2.15 bits per heavy atom. The highest BCUT2D eigenvalue weighted by Gasteiger charge is 2.21. The summed E-state index contributed by atoms with van der Waals surface area (Å²) in [5.74, 6) is -0.152. The van der Waals surface area contributed by atoms with Crippen molar-refractivity contribution < 1.29 is 8.42 Å². The summed E-state index contributed by atoms with van der Waals surface area (Å²) >= 11 is 1.33. The molecule has 0 aliphatic rings. The van der Waals surface area contributed by atoms with Gasteiger partial charge in [0.15, 0.2) is 0 Å². The van der Waals surface area contributed by atoms with E-state index in [2.05, 4.69) is 15.0 Å². The molecule has 2 heterocycles. The molecular weight excluding hydrogens is 296 g/mol. The number of aromatic amines is 1. The van der Waals surface area contributed by atoms with Gasteiger partial charge in [-0.2, -0.15) is 0 Å². The molecule has 0 spiro atoms. The predicted molar refractivity (Wildman–Crippen MR) is 78.2 cm³/mol. The number of aromatic nitrogens is 3. The smallest absolute Gasteiger partial charge is 0.226 e. The lowest BCUT2D eigenvalue weighted by molar-refractivity contribution is 0.588. The van der Waals surface area contributed by atoms with Crippen molar-refractivity contribution in [3.8, 4) is 0 Å². The van der Waals surface area contributed by atoms with Crippen molar-refractivity contribution in [2.24, 2.45) is 0 Å². The largest absolute Gasteiger partial charge is 0.399 e. The topological polar surface area (TPSA) is 102 Å². The Hall–Kier alpha value is -1.93. The average molecular weight is 308 g/mol. The van der Waals surface area contributed by atoms with E-state index in [4.69, 9.17) is 5.73 Å². The number of thiazole rings is 1. The molecule has 0 bridgehead atoms. The first kappa shape index (κ1) is 13.1. The van der Waals surface area contributed by atoms with Crippen LogP contribution < -0.4 is 5.73 Å². The number of benzene rings is 1. The van der Waals surface area contributed by atoms with E-state index in [0.717, 1.165) is 5.69 Å². The lowest BCUT2D eigenvalue weighted by atomic mass is 10.3. The number of rotatable bonds is 3. The number of H-pyrrole nitrogens is 1. The molecule has 104 valence electrons. The maximum absolute atomic E-state index is 12.3. The van der Waals surface area contributed by atoms with Gasteiger partial charge in [-0.1, -0.05) is 0 Å². The summed E-state index contributed by atoms with van der Waals surface area (Å²) < 4.78 is 24.6. The Morgan fingerprint density at radius 1 is 1.35 bits per heavy atom. The van der Waals surface area contributed by atoms with E-state index in [-0.39, 0.29) is 10.9 Å². The maximum Gasteiger partial charge on any atom is 0.226 e. The standard InChI is InChI=1S/C12H12N4O2S2/c1-7-5-19-11(14-7)6-20(17,18)12-15-9-3-2-8(13)4-10(9)16-12/h2-5H,6,13H2,1H3,(H,15,16). The molecule has 3 N–H and O–H groups in total. The van der Waals surface area contributed by atoms with E-state index >= 15 is 0 Å². The number of aryl methyl sites for hydroxylation is 1. The van der Waals surface area contributed by atoms with E-state index < -0.39 is 9.84 Å². The van der Waals surface area contributed by atoms with Gasteiger partial charge in [0.25, 0.3) is 0 Å². The number of hydrogen-bond donors (Lipinski definition) is 2. The van der Waals surface area contributed by atoms with Gasteiger partial charge in [-0.25, -0.2) is 18.4 Å². The molecule has 20 heavy (non-hydrogen) atoms. The first-order valence-corrected chi connectivity index (χ1v) is 8.36. The van der Waals surface area contributed by atoms with Crippen LogP contribution in [0.4, 0.5) is 5.69 Å². The summed E-state index contributed by atoms with van der Waals surface area (Å²) in [5.41, 5.74) is 8.22. The lowest BCUT2D eigenvalue weighted by Crippen LogP contribution is -2.06. The number of fused-ring (bicyclic) bond motifs is 1. The van der Waals surface area contributed by atoms with Crippen molar-refractivity contribution in [1.82, 2.24) is 15.0 Å². The quantitative estimate of drug-likeness (QED) is 0.719. The van der Waals surface area contributed by atoms with Gasteiger partial charge >= 0.3 is 0 Å². The minimum absolute atomic E-state index is 0.0500. The molecule has 0 saturated carbocycles. The molecule has 6 nitrogen and oxygen atoms in total. The molecule has 3 rings (SSSR count). The second kappa shape index (κ2) is 4.57. The number of anilines is 1. The fraction of sp³-hybridized carbons (Fsp3) is 0.167. The van der Waals surface area contributed by atoms with Crippen molar-refractivity contribution in [2.45, 2.75) is 17.8 Å². The van der Waals surface area contributed by atoms with Gasteiger partial charge in [0.2, 0.25) is 15.0 Å². The van der Waals surface area contributed by atoms with Crippen molar-refractivity contribution in [3.05, 3.63) is 34.3 Å². The van der Waals surface area contributed by atoms with Gasteiger partial charge < -0.3 is 10.7 Å². The normalized spacial score (nSPS) is 12.1. The summed E-state index contributed by atoms with van der Waals surface area (Å²) in [7, 11) is -3.53. The van der Waals surface area contributed by atoms with Crippen molar-refractivity contribution in [2.75, 3.05) is 5.73 Å². The summed E-state index contributed by atoms with van der Waals surface area (Å²) in [6.07, 6.45) is 0. The molecule has 0 aliphatic heterocycles. The summed E-state index contributed by atoms with van der Waals surface area (Å²) in [6, 6.07) is 5.03. The number of nitrogens with one attached hydrogen (secondary N) is 1. The fourth-order valence-corrected chi connectivity index (χ4v) is 4.17. The summed E-state index contributed by atoms with van der Waals surface area (Å²) in [5, 5.41) is 2.33. The summed E-state index contributed by atoms with van der Waals surface area (Å²) in [6.45, 7) is 1.83. The van der Waals surface area contributed by atoms with Crippen molar-refractivity contribution in [3.63, 3.8) is 0 Å². The first-order valence-electron chi connectivity index (χ1n) is 5.83. The van der Waals surface area contributed by atoms with Gasteiger partial charge in [0.05, 0.1) is 11.0 Å². The minimum atomic E-state index is -3.53. The van der Waals surface area contributed by atoms with Crippen molar-refractivity contribution in [1.29, 1.82) is 0 Å². The Bertz CT molecular complexity index is 880. The SMILES string of the molecule is Cc1csc(CS(=O)(=O)c2nc3ccc(N)cc3[nH]2)n1. The second-order valence-electron chi connectivity index (χ2n) is 4.46. The minimum Gasteiger partial charge on any atom is -0.399 e. The second-order valence-corrected chi connectivity index (χ2v) is 7.31. The lowest BCUT2D eigenvalue weighted by Gasteiger charge is -1.97. The van der Waals surface area contributed by atoms with E-state index in [1.54, 1.807) is 18.2 Å². The average Bonchev–Trinajstić information content (AvgIpc) is 2.95. The Labute approximate surface area is 119 Å². The molecular formula is C12H12N4O2S2. The molecule has 0 fully saturated rings. The molecule has 8 heteroatoms. The Morgan fingerprint density at radius 3 is 2.85 bits per heavy atom. The van der Waals surface area contributed by atoms with Crippen LogP contribution in [0.15, 0.2) is 28.7 Å². The van der Waals surface area contributed by atoms with E-state index in [0.29, 0.717) is 21.7 Å². The maximum atomic E-state index is 12.3.